The lowest BCUT2D eigenvalue weighted by atomic mass is 10.1. The van der Waals surface area contributed by atoms with Crippen molar-refractivity contribution in [2.75, 3.05) is 13.1 Å². The van der Waals surface area contributed by atoms with E-state index in [0.717, 1.165) is 12.8 Å². The molecule has 2 atom stereocenters. The lowest BCUT2D eigenvalue weighted by Crippen LogP contribution is -2.48. The molecule has 0 radical (unpaired) electrons. The van der Waals surface area contributed by atoms with Crippen LogP contribution in [0.4, 0.5) is 4.39 Å². The Morgan fingerprint density at radius 1 is 1.16 bits per heavy atom. The summed E-state index contributed by atoms with van der Waals surface area (Å²) in [7, 11) is -3.92. The summed E-state index contributed by atoms with van der Waals surface area (Å²) in [4.78, 5) is 14.8. The average Bonchev–Trinajstić information content (AvgIpc) is 3.57. The number of rotatable bonds is 6. The van der Waals surface area contributed by atoms with Gasteiger partial charge in [0, 0.05) is 36.8 Å². The lowest BCUT2D eigenvalue weighted by Gasteiger charge is -2.34. The van der Waals surface area contributed by atoms with Crippen LogP contribution in [0, 0.1) is 5.82 Å². The van der Waals surface area contributed by atoms with E-state index in [4.69, 9.17) is 16.3 Å². The van der Waals surface area contributed by atoms with Crippen LogP contribution in [0.1, 0.15) is 42.6 Å². The van der Waals surface area contributed by atoms with Crippen LogP contribution in [0.15, 0.2) is 47.4 Å². The van der Waals surface area contributed by atoms with Gasteiger partial charge < -0.3 is 9.64 Å². The molecule has 1 aliphatic heterocycles. The Morgan fingerprint density at radius 3 is 2.44 bits per heavy atom. The van der Waals surface area contributed by atoms with Crippen molar-refractivity contribution in [3.05, 3.63) is 64.4 Å². The number of morpholine rings is 1. The van der Waals surface area contributed by atoms with Gasteiger partial charge >= 0.3 is 0 Å². The molecule has 1 saturated heterocycles. The zero-order valence-corrected chi connectivity index (χ0v) is 19.6. The van der Waals surface area contributed by atoms with Gasteiger partial charge in [0.25, 0.3) is 5.91 Å². The van der Waals surface area contributed by atoms with Gasteiger partial charge in [-0.05, 0) is 51.0 Å². The first kappa shape index (κ1) is 23.2. The van der Waals surface area contributed by atoms with Crippen molar-refractivity contribution in [1.82, 2.24) is 9.21 Å². The number of benzene rings is 2. The van der Waals surface area contributed by atoms with E-state index in [2.05, 4.69) is 0 Å². The van der Waals surface area contributed by atoms with E-state index in [1.54, 1.807) is 23.1 Å². The third kappa shape index (κ3) is 4.83. The molecule has 2 aromatic carbocycles. The van der Waals surface area contributed by atoms with E-state index in [9.17, 15) is 17.6 Å². The second-order valence-electron chi connectivity index (χ2n) is 8.48. The van der Waals surface area contributed by atoms with Gasteiger partial charge in [0.15, 0.2) is 0 Å². The molecule has 2 unspecified atom stereocenters. The highest BCUT2D eigenvalue weighted by Gasteiger charge is 2.36. The van der Waals surface area contributed by atoms with Crippen LogP contribution in [0.5, 0.6) is 0 Å². The zero-order valence-electron chi connectivity index (χ0n) is 18.0. The van der Waals surface area contributed by atoms with Crippen LogP contribution in [0.2, 0.25) is 5.02 Å². The Balaban J connectivity index is 1.64. The second-order valence-corrected chi connectivity index (χ2v) is 10.8. The van der Waals surface area contributed by atoms with Crippen molar-refractivity contribution in [2.45, 2.75) is 56.4 Å². The number of halogens is 2. The Hall–Kier alpha value is -2.00. The van der Waals surface area contributed by atoms with Gasteiger partial charge in [-0.1, -0.05) is 29.8 Å². The van der Waals surface area contributed by atoms with Crippen LogP contribution in [-0.2, 0) is 21.3 Å². The van der Waals surface area contributed by atoms with Crippen molar-refractivity contribution in [3.63, 3.8) is 0 Å². The summed E-state index contributed by atoms with van der Waals surface area (Å²) in [6.07, 6.45) is 1.18. The number of amides is 1. The maximum Gasteiger partial charge on any atom is 0.254 e. The summed E-state index contributed by atoms with van der Waals surface area (Å²) < 4.78 is 47.9. The minimum atomic E-state index is -3.92. The van der Waals surface area contributed by atoms with E-state index in [1.165, 1.54) is 28.6 Å². The van der Waals surface area contributed by atoms with E-state index < -0.39 is 10.0 Å². The minimum Gasteiger partial charge on any atom is -0.373 e. The smallest absolute Gasteiger partial charge is 0.254 e. The Labute approximate surface area is 193 Å². The maximum absolute atomic E-state index is 14.2. The molecule has 4 rings (SSSR count). The molecule has 6 nitrogen and oxygen atoms in total. The number of nitrogens with zero attached hydrogens (tertiary/aromatic N) is 2. The van der Waals surface area contributed by atoms with Crippen LogP contribution >= 0.6 is 11.6 Å². The van der Waals surface area contributed by atoms with Crippen molar-refractivity contribution in [2.24, 2.45) is 0 Å². The monoisotopic (exact) mass is 480 g/mol. The molecule has 0 spiro atoms. The number of carbonyl (C=O) groups is 1. The van der Waals surface area contributed by atoms with Crippen LogP contribution in [0.3, 0.4) is 0 Å². The van der Waals surface area contributed by atoms with Gasteiger partial charge in [0.05, 0.1) is 17.2 Å². The summed E-state index contributed by atoms with van der Waals surface area (Å²) in [5, 5.41) is 0.0559. The van der Waals surface area contributed by atoms with Crippen LogP contribution in [-0.4, -0.2) is 54.9 Å². The Kier molecular flexibility index (Phi) is 6.58. The molecule has 1 amide bonds. The van der Waals surface area contributed by atoms with Gasteiger partial charge in [0.1, 0.15) is 10.7 Å². The summed E-state index contributed by atoms with van der Waals surface area (Å²) in [6.45, 7) is 4.18. The van der Waals surface area contributed by atoms with E-state index in [1.807, 2.05) is 13.8 Å². The average molecular weight is 481 g/mol. The molecule has 0 N–H and O–H groups in total. The fraction of sp³-hybridized carbons (Fsp3) is 0.435. The summed E-state index contributed by atoms with van der Waals surface area (Å²) in [5.41, 5.74) is 0.636. The number of ether oxygens (including phenoxy) is 1. The zero-order chi connectivity index (χ0) is 23.0. The highest BCUT2D eigenvalue weighted by atomic mass is 35.5. The SMILES string of the molecule is CC1CN(S(=O)(=O)c2cc(C(=O)N(Cc3ccccc3F)C3CC3)ccc2Cl)CC(C)O1. The molecular weight excluding hydrogens is 455 g/mol. The molecule has 32 heavy (non-hydrogen) atoms. The predicted molar refractivity (Wildman–Crippen MR) is 120 cm³/mol. The largest absolute Gasteiger partial charge is 0.373 e. The fourth-order valence-electron chi connectivity index (χ4n) is 4.03. The topological polar surface area (TPSA) is 66.9 Å². The van der Waals surface area contributed by atoms with Crippen molar-refractivity contribution < 1.29 is 22.3 Å². The second kappa shape index (κ2) is 9.09. The molecule has 9 heteroatoms. The summed E-state index contributed by atoms with van der Waals surface area (Å²) in [6, 6.07) is 10.6. The maximum atomic E-state index is 14.2. The van der Waals surface area contributed by atoms with E-state index >= 15 is 0 Å². The molecule has 2 aromatic rings. The first-order chi connectivity index (χ1) is 15.2. The number of sulfonamides is 1. The predicted octanol–water partition coefficient (Wildman–Crippen LogP) is 4.08. The standard InChI is InChI=1S/C23H26ClFN2O4S/c1-15-12-26(13-16(2)31-15)32(29,30)22-11-17(7-10-20(22)24)23(28)27(19-8-9-19)14-18-5-3-4-6-21(18)25/h3-7,10-11,15-16,19H,8-9,12-14H2,1-2H3. The molecule has 0 aromatic heterocycles. The molecule has 1 aliphatic carbocycles. The van der Waals surface area contributed by atoms with Crippen molar-refractivity contribution in [1.29, 1.82) is 0 Å². The third-order valence-electron chi connectivity index (χ3n) is 5.73. The highest BCUT2D eigenvalue weighted by molar-refractivity contribution is 7.89. The number of hydrogen-bond acceptors (Lipinski definition) is 4. The minimum absolute atomic E-state index is 0.0128. The van der Waals surface area contributed by atoms with Crippen molar-refractivity contribution >= 4 is 27.5 Å². The molecule has 2 fully saturated rings. The van der Waals surface area contributed by atoms with Gasteiger partial charge in [-0.15, -0.1) is 0 Å². The molecule has 172 valence electrons. The molecule has 2 aliphatic rings. The van der Waals surface area contributed by atoms with Gasteiger partial charge in [-0.2, -0.15) is 4.31 Å². The summed E-state index contributed by atoms with van der Waals surface area (Å²) in [5.74, 6) is -0.714. The van der Waals surface area contributed by atoms with Gasteiger partial charge in [-0.3, -0.25) is 4.79 Å². The van der Waals surface area contributed by atoms with Crippen LogP contribution in [0.25, 0.3) is 0 Å². The quantitative estimate of drug-likeness (QED) is 0.624. The van der Waals surface area contributed by atoms with Gasteiger partial charge in [0.2, 0.25) is 10.0 Å². The molecular formula is C23H26ClFN2O4S. The Bertz CT molecular complexity index is 1110. The first-order valence-electron chi connectivity index (χ1n) is 10.7. The molecule has 1 saturated carbocycles. The first-order valence-corrected chi connectivity index (χ1v) is 12.5. The Morgan fingerprint density at radius 2 is 1.81 bits per heavy atom. The van der Waals surface area contributed by atoms with E-state index in [-0.39, 0.29) is 65.1 Å². The van der Waals surface area contributed by atoms with E-state index in [0.29, 0.717) is 5.56 Å². The third-order valence-corrected chi connectivity index (χ3v) is 8.04. The molecule has 1 heterocycles. The van der Waals surface area contributed by atoms with Crippen molar-refractivity contribution in [3.8, 4) is 0 Å². The van der Waals surface area contributed by atoms with Crippen LogP contribution < -0.4 is 0 Å². The van der Waals surface area contributed by atoms with Gasteiger partial charge in [-0.25, -0.2) is 12.8 Å². The molecule has 0 bridgehead atoms. The number of hydrogen-bond donors (Lipinski definition) is 0. The summed E-state index contributed by atoms with van der Waals surface area (Å²) >= 11 is 6.27. The fourth-order valence-corrected chi connectivity index (χ4v) is 6.12. The number of carbonyl (C=O) groups excluding carboxylic acids is 1. The normalized spacial score (nSPS) is 22.0. The highest BCUT2D eigenvalue weighted by Crippen LogP contribution is 2.32. The lowest BCUT2D eigenvalue weighted by molar-refractivity contribution is -0.0440.